The second-order valence-corrected chi connectivity index (χ2v) is 13.4. The molecule has 38 heavy (non-hydrogen) atoms. The number of aliphatic hydroxyl groups is 2. The number of ketones is 3. The number of carboxylic acid groups (broad SMARTS) is 1. The molecule has 210 valence electrons. The fourth-order valence-corrected chi connectivity index (χ4v) is 8.72. The fourth-order valence-electron chi connectivity index (χ4n) is 8.72. The number of carbonyl (C=O) groups excluding carboxylic acids is 4. The van der Waals surface area contributed by atoms with Crippen LogP contribution in [-0.4, -0.2) is 62.4 Å². The summed E-state index contributed by atoms with van der Waals surface area (Å²) in [5.74, 6) is -4.40. The lowest BCUT2D eigenvalue weighted by Gasteiger charge is -2.61. The summed E-state index contributed by atoms with van der Waals surface area (Å²) < 4.78 is 5.70. The van der Waals surface area contributed by atoms with E-state index in [9.17, 15) is 39.3 Å². The van der Waals surface area contributed by atoms with E-state index >= 15 is 0 Å². The van der Waals surface area contributed by atoms with E-state index in [0.717, 1.165) is 0 Å². The van der Waals surface area contributed by atoms with E-state index in [-0.39, 0.29) is 54.3 Å². The predicted octanol–water partition coefficient (Wildman–Crippen LogP) is 2.79. The van der Waals surface area contributed by atoms with Crippen LogP contribution in [0.4, 0.5) is 0 Å². The van der Waals surface area contributed by atoms with Crippen LogP contribution in [0.25, 0.3) is 0 Å². The SMILES string of the molecule is CC(=O)O[C@@H]1C(=O)C2=C(C(=O)C[C@H]3C(C)(C)[C@@H](O)CC[C@]23C)[C@]2(C)C(=O)C[C@H]([C@@](C)(O)CCC(=O)O)[C@@]12C. The highest BCUT2D eigenvalue weighted by Crippen LogP contribution is 2.70. The molecule has 4 aliphatic rings. The molecule has 0 aliphatic heterocycles. The van der Waals surface area contributed by atoms with E-state index in [0.29, 0.717) is 12.8 Å². The molecule has 9 heteroatoms. The number of carbonyl (C=O) groups is 5. The van der Waals surface area contributed by atoms with Gasteiger partial charge in [-0.15, -0.1) is 0 Å². The van der Waals surface area contributed by atoms with Gasteiger partial charge in [-0.05, 0) is 44.4 Å². The molecule has 0 unspecified atom stereocenters. The van der Waals surface area contributed by atoms with Gasteiger partial charge in [-0.25, -0.2) is 0 Å². The number of fused-ring (bicyclic) bond motifs is 4. The van der Waals surface area contributed by atoms with Crippen molar-refractivity contribution in [3.05, 3.63) is 11.1 Å². The molecule has 0 bridgehead atoms. The van der Waals surface area contributed by atoms with Crippen LogP contribution in [0.2, 0.25) is 0 Å². The number of ether oxygens (including phenoxy) is 1. The minimum atomic E-state index is -1.70. The van der Waals surface area contributed by atoms with E-state index in [1.165, 1.54) is 13.8 Å². The van der Waals surface area contributed by atoms with Crippen LogP contribution >= 0.6 is 0 Å². The van der Waals surface area contributed by atoms with Crippen molar-refractivity contribution in [1.29, 1.82) is 0 Å². The number of hydrogen-bond acceptors (Lipinski definition) is 8. The van der Waals surface area contributed by atoms with Crippen molar-refractivity contribution >= 4 is 29.3 Å². The molecule has 0 saturated heterocycles. The molecule has 0 aromatic rings. The molecule has 9 nitrogen and oxygen atoms in total. The molecule has 8 atom stereocenters. The zero-order chi connectivity index (χ0) is 28.8. The third-order valence-corrected chi connectivity index (χ3v) is 11.1. The average molecular weight is 533 g/mol. The van der Waals surface area contributed by atoms with Crippen LogP contribution in [-0.2, 0) is 28.7 Å². The van der Waals surface area contributed by atoms with Crippen LogP contribution < -0.4 is 0 Å². The first kappa shape index (κ1) is 28.6. The van der Waals surface area contributed by atoms with Crippen molar-refractivity contribution in [1.82, 2.24) is 0 Å². The summed E-state index contributed by atoms with van der Waals surface area (Å²) in [4.78, 5) is 66.2. The topological polar surface area (TPSA) is 155 Å². The monoisotopic (exact) mass is 532 g/mol. The predicted molar refractivity (Wildman–Crippen MR) is 135 cm³/mol. The highest BCUT2D eigenvalue weighted by Gasteiger charge is 2.76. The van der Waals surface area contributed by atoms with Gasteiger partial charge in [-0.2, -0.15) is 0 Å². The highest BCUT2D eigenvalue weighted by atomic mass is 16.5. The van der Waals surface area contributed by atoms with Crippen molar-refractivity contribution in [3.8, 4) is 0 Å². The Bertz CT molecular complexity index is 1160. The van der Waals surface area contributed by atoms with Gasteiger partial charge < -0.3 is 20.1 Å². The van der Waals surface area contributed by atoms with Crippen LogP contribution in [0.3, 0.4) is 0 Å². The Labute approximate surface area is 223 Å². The summed E-state index contributed by atoms with van der Waals surface area (Å²) >= 11 is 0. The van der Waals surface area contributed by atoms with E-state index < -0.39 is 63.1 Å². The molecule has 0 radical (unpaired) electrons. The average Bonchev–Trinajstić information content (AvgIpc) is 3.02. The first-order valence-electron chi connectivity index (χ1n) is 13.4. The number of rotatable bonds is 5. The van der Waals surface area contributed by atoms with Crippen molar-refractivity contribution in [2.45, 2.75) is 105 Å². The number of hydrogen-bond donors (Lipinski definition) is 3. The number of carboxylic acids is 1. The Hall–Kier alpha value is -2.39. The normalized spacial score (nSPS) is 41.7. The lowest BCUT2D eigenvalue weighted by molar-refractivity contribution is -0.184. The van der Waals surface area contributed by atoms with E-state index in [1.807, 2.05) is 20.8 Å². The molecule has 3 N–H and O–H groups in total. The minimum Gasteiger partial charge on any atom is -0.481 e. The molecule has 2 fully saturated rings. The van der Waals surface area contributed by atoms with Gasteiger partial charge in [-0.1, -0.05) is 27.7 Å². The maximum atomic E-state index is 14.5. The molecule has 0 amide bonds. The van der Waals surface area contributed by atoms with Gasteiger partial charge in [0.15, 0.2) is 11.9 Å². The van der Waals surface area contributed by atoms with Gasteiger partial charge in [0.2, 0.25) is 5.78 Å². The Kier molecular flexibility index (Phi) is 6.44. The van der Waals surface area contributed by atoms with Crippen LogP contribution in [0.15, 0.2) is 11.1 Å². The largest absolute Gasteiger partial charge is 0.481 e. The number of allylic oxidation sites excluding steroid dienone is 1. The summed E-state index contributed by atoms with van der Waals surface area (Å²) in [7, 11) is 0. The number of aliphatic hydroxyl groups excluding tert-OH is 1. The lowest BCUT2D eigenvalue weighted by Crippen LogP contribution is -2.66. The standard InChI is InChI=1S/C29H40O9/c1-14(30)38-24-23(36)22-21(15(31)12-16-25(2,3)18(32)8-10-26(16,22)4)29(7)19(33)13-17(28(24,29)6)27(5,37)11-9-20(34)35/h16-18,24,32,37H,8-13H2,1-7H3,(H,34,35)/t16-,17+,18-,24+,26-,27-,28-,29-/m0/s1. The summed E-state index contributed by atoms with van der Waals surface area (Å²) in [6.07, 6.45) is -1.96. The molecule has 4 rings (SSSR count). The smallest absolute Gasteiger partial charge is 0.303 e. The molecular weight excluding hydrogens is 492 g/mol. The molecule has 4 aliphatic carbocycles. The summed E-state index contributed by atoms with van der Waals surface area (Å²) in [5.41, 5.74) is -5.89. The van der Waals surface area contributed by atoms with Crippen molar-refractivity contribution in [2.75, 3.05) is 0 Å². The Morgan fingerprint density at radius 1 is 1.05 bits per heavy atom. The first-order valence-corrected chi connectivity index (χ1v) is 13.4. The highest BCUT2D eigenvalue weighted by molar-refractivity contribution is 6.18. The maximum Gasteiger partial charge on any atom is 0.303 e. The van der Waals surface area contributed by atoms with Gasteiger partial charge in [0.1, 0.15) is 5.78 Å². The van der Waals surface area contributed by atoms with Gasteiger partial charge in [0.25, 0.3) is 0 Å². The number of Topliss-reactive ketones (excluding diaryl/α,β-unsaturated/α-hetero) is 3. The maximum absolute atomic E-state index is 14.5. The van der Waals surface area contributed by atoms with Crippen molar-refractivity contribution in [3.63, 3.8) is 0 Å². The number of esters is 1. The third-order valence-electron chi connectivity index (χ3n) is 11.1. The lowest BCUT2D eigenvalue weighted by atomic mass is 9.42. The second-order valence-electron chi connectivity index (χ2n) is 13.4. The molecule has 0 heterocycles. The van der Waals surface area contributed by atoms with Crippen LogP contribution in [0.5, 0.6) is 0 Å². The summed E-state index contributed by atoms with van der Waals surface area (Å²) in [6.45, 7) is 11.5. The van der Waals surface area contributed by atoms with Crippen LogP contribution in [0, 0.1) is 33.5 Å². The molecule has 0 aromatic carbocycles. The Balaban J connectivity index is 2.00. The zero-order valence-electron chi connectivity index (χ0n) is 23.3. The van der Waals surface area contributed by atoms with Gasteiger partial charge >= 0.3 is 11.9 Å². The minimum absolute atomic E-state index is 0.0595. The summed E-state index contributed by atoms with van der Waals surface area (Å²) in [6, 6.07) is 0. The van der Waals surface area contributed by atoms with Crippen molar-refractivity contribution < 1.29 is 44.0 Å². The second kappa shape index (κ2) is 8.55. The van der Waals surface area contributed by atoms with Crippen molar-refractivity contribution in [2.24, 2.45) is 33.5 Å². The van der Waals surface area contributed by atoms with Crippen LogP contribution in [0.1, 0.15) is 87.0 Å². The molecular formula is C29H40O9. The Morgan fingerprint density at radius 3 is 2.21 bits per heavy atom. The third kappa shape index (κ3) is 3.53. The van der Waals surface area contributed by atoms with E-state index in [2.05, 4.69) is 0 Å². The zero-order valence-corrected chi connectivity index (χ0v) is 23.3. The summed E-state index contributed by atoms with van der Waals surface area (Å²) in [5, 5.41) is 31.6. The molecule has 0 aromatic heterocycles. The van der Waals surface area contributed by atoms with E-state index in [4.69, 9.17) is 4.74 Å². The fraction of sp³-hybridized carbons (Fsp3) is 0.759. The van der Waals surface area contributed by atoms with Gasteiger partial charge in [0, 0.05) is 54.1 Å². The quantitative estimate of drug-likeness (QED) is 0.453. The Morgan fingerprint density at radius 2 is 1.66 bits per heavy atom. The first-order chi connectivity index (χ1) is 17.3. The van der Waals surface area contributed by atoms with Gasteiger partial charge in [-0.3, -0.25) is 24.0 Å². The van der Waals surface area contributed by atoms with E-state index in [1.54, 1.807) is 13.8 Å². The number of aliphatic carboxylic acids is 1. The van der Waals surface area contributed by atoms with Gasteiger partial charge in [0.05, 0.1) is 17.1 Å². The molecule has 2 saturated carbocycles. The molecule has 0 spiro atoms.